The summed E-state index contributed by atoms with van der Waals surface area (Å²) in [4.78, 5) is 21.7. The molecule has 1 fully saturated rings. The molecule has 1 saturated heterocycles. The molecule has 0 bridgehead atoms. The third-order valence-electron chi connectivity index (χ3n) is 4.53. The lowest BCUT2D eigenvalue weighted by Gasteiger charge is -2.44. The molecule has 0 aliphatic carbocycles. The Morgan fingerprint density at radius 1 is 1.33 bits per heavy atom. The fourth-order valence-electron chi connectivity index (χ4n) is 2.83. The molecular weight excluding hydrogens is 356 g/mol. The molecule has 2 unspecified atom stereocenters. The van der Waals surface area contributed by atoms with Gasteiger partial charge in [-0.2, -0.15) is 0 Å². The number of hydrogen-bond donors (Lipinski definition) is 4. The summed E-state index contributed by atoms with van der Waals surface area (Å²) in [6, 6.07) is -0.873. The molecule has 0 saturated carbocycles. The third-order valence-corrected chi connectivity index (χ3v) is 4.53. The van der Waals surface area contributed by atoms with Gasteiger partial charge < -0.3 is 35.1 Å². The highest BCUT2D eigenvalue weighted by Gasteiger charge is 2.45. The molecule has 1 rings (SSSR count). The van der Waals surface area contributed by atoms with E-state index in [2.05, 4.69) is 10.6 Å². The van der Waals surface area contributed by atoms with Crippen molar-refractivity contribution in [2.75, 3.05) is 13.2 Å². The minimum atomic E-state index is -1.19. The molecule has 27 heavy (non-hydrogen) atoms. The van der Waals surface area contributed by atoms with Gasteiger partial charge in [-0.25, -0.2) is 0 Å². The lowest BCUT2D eigenvalue weighted by molar-refractivity contribution is -0.289. The van der Waals surface area contributed by atoms with E-state index >= 15 is 0 Å². The molecule has 1 heterocycles. The van der Waals surface area contributed by atoms with Gasteiger partial charge in [0.25, 0.3) is 0 Å². The van der Waals surface area contributed by atoms with Crippen molar-refractivity contribution in [3.63, 3.8) is 0 Å². The van der Waals surface area contributed by atoms with E-state index < -0.39 is 36.2 Å². The number of carbonyl (C=O) groups is 2. The zero-order chi connectivity index (χ0) is 20.6. The van der Waals surface area contributed by atoms with Crippen molar-refractivity contribution in [1.82, 2.24) is 10.6 Å². The summed E-state index contributed by atoms with van der Waals surface area (Å²) in [6.45, 7) is 9.62. The third kappa shape index (κ3) is 8.10. The van der Waals surface area contributed by atoms with Crippen molar-refractivity contribution >= 4 is 12.3 Å². The average molecular weight is 390 g/mol. The topological polar surface area (TPSA) is 126 Å². The van der Waals surface area contributed by atoms with E-state index in [1.54, 1.807) is 6.92 Å². The Kier molecular flexibility index (Phi) is 9.61. The van der Waals surface area contributed by atoms with Gasteiger partial charge in [0.05, 0.1) is 17.8 Å². The molecule has 0 aromatic rings. The van der Waals surface area contributed by atoms with E-state index in [9.17, 15) is 19.8 Å². The van der Waals surface area contributed by atoms with Gasteiger partial charge in [0, 0.05) is 20.1 Å². The van der Waals surface area contributed by atoms with Gasteiger partial charge in [-0.15, -0.1) is 0 Å². The second-order valence-corrected chi connectivity index (χ2v) is 7.59. The quantitative estimate of drug-likeness (QED) is 0.281. The molecule has 158 valence electrons. The number of rotatable bonds is 11. The molecule has 0 radical (unpaired) electrons. The Morgan fingerprint density at radius 2 is 2.00 bits per heavy atom. The van der Waals surface area contributed by atoms with E-state index in [-0.39, 0.29) is 12.0 Å². The normalized spacial score (nSPS) is 29.8. The maximum absolute atomic E-state index is 11.5. The van der Waals surface area contributed by atoms with E-state index in [0.717, 1.165) is 0 Å². The average Bonchev–Trinajstić information content (AvgIpc) is 2.56. The van der Waals surface area contributed by atoms with Crippen LogP contribution in [0.2, 0.25) is 0 Å². The van der Waals surface area contributed by atoms with Crippen LogP contribution in [0.25, 0.3) is 0 Å². The first kappa shape index (κ1) is 23.8. The van der Waals surface area contributed by atoms with Crippen LogP contribution in [-0.4, -0.2) is 78.0 Å². The van der Waals surface area contributed by atoms with Crippen LogP contribution in [0.15, 0.2) is 0 Å². The second-order valence-electron chi connectivity index (χ2n) is 7.59. The summed E-state index contributed by atoms with van der Waals surface area (Å²) in [6.07, 6.45) is -1.93. The largest absolute Gasteiger partial charge is 0.388 e. The molecule has 6 atom stereocenters. The number of aliphatic hydroxyl groups excluding tert-OH is 2. The summed E-state index contributed by atoms with van der Waals surface area (Å²) >= 11 is 0. The Morgan fingerprint density at radius 3 is 2.59 bits per heavy atom. The molecule has 0 spiro atoms. The van der Waals surface area contributed by atoms with Gasteiger partial charge >= 0.3 is 0 Å². The van der Waals surface area contributed by atoms with Crippen LogP contribution in [0.1, 0.15) is 47.5 Å². The summed E-state index contributed by atoms with van der Waals surface area (Å²) < 4.78 is 17.4. The predicted molar refractivity (Wildman–Crippen MR) is 97.8 cm³/mol. The number of ether oxygens (including phenoxy) is 3. The fourth-order valence-corrected chi connectivity index (χ4v) is 2.83. The highest BCUT2D eigenvalue weighted by Crippen LogP contribution is 2.27. The summed E-state index contributed by atoms with van der Waals surface area (Å²) in [5, 5.41) is 25.5. The minimum absolute atomic E-state index is 0.0108. The van der Waals surface area contributed by atoms with Gasteiger partial charge in [-0.3, -0.25) is 9.59 Å². The maximum atomic E-state index is 11.5. The van der Waals surface area contributed by atoms with Gasteiger partial charge in [0.2, 0.25) is 12.3 Å². The molecule has 2 amide bonds. The molecule has 0 aromatic heterocycles. The number of carbonyl (C=O) groups excluding carboxylic acids is 2. The van der Waals surface area contributed by atoms with Crippen LogP contribution in [-0.2, 0) is 23.8 Å². The first-order chi connectivity index (χ1) is 12.6. The Labute approximate surface area is 160 Å². The van der Waals surface area contributed by atoms with E-state index in [4.69, 9.17) is 14.2 Å². The molecule has 1 aliphatic rings. The van der Waals surface area contributed by atoms with Crippen molar-refractivity contribution in [2.24, 2.45) is 0 Å². The van der Waals surface area contributed by atoms with E-state index in [0.29, 0.717) is 32.4 Å². The SMILES string of the molecule is CC(=O)N[C@H]1C(OC(C)(C)CCOC(C)CCNC=O)O[C@H](C)[C@H](O)[C@@H]1O. The van der Waals surface area contributed by atoms with E-state index in [1.807, 2.05) is 20.8 Å². The monoisotopic (exact) mass is 390 g/mol. The number of hydrogen-bond acceptors (Lipinski definition) is 7. The van der Waals surface area contributed by atoms with E-state index in [1.165, 1.54) is 6.92 Å². The Hall–Kier alpha value is -1.26. The molecular formula is C18H34N2O7. The van der Waals surface area contributed by atoms with Crippen LogP contribution in [0.5, 0.6) is 0 Å². The van der Waals surface area contributed by atoms with Crippen molar-refractivity contribution < 1.29 is 34.0 Å². The first-order valence-corrected chi connectivity index (χ1v) is 9.32. The highest BCUT2D eigenvalue weighted by atomic mass is 16.7. The van der Waals surface area contributed by atoms with Crippen LogP contribution < -0.4 is 10.6 Å². The zero-order valence-corrected chi connectivity index (χ0v) is 16.8. The highest BCUT2D eigenvalue weighted by molar-refractivity contribution is 5.73. The first-order valence-electron chi connectivity index (χ1n) is 9.32. The molecule has 9 heteroatoms. The van der Waals surface area contributed by atoms with Crippen molar-refractivity contribution in [2.45, 2.75) is 89.8 Å². The van der Waals surface area contributed by atoms with Crippen LogP contribution in [0.4, 0.5) is 0 Å². The van der Waals surface area contributed by atoms with Crippen LogP contribution in [0, 0.1) is 0 Å². The van der Waals surface area contributed by atoms with Crippen LogP contribution in [0.3, 0.4) is 0 Å². The van der Waals surface area contributed by atoms with Crippen molar-refractivity contribution in [1.29, 1.82) is 0 Å². The second kappa shape index (κ2) is 10.9. The summed E-state index contributed by atoms with van der Waals surface area (Å²) in [7, 11) is 0. The number of amides is 2. The van der Waals surface area contributed by atoms with Gasteiger partial charge in [0.1, 0.15) is 18.2 Å². The summed E-state index contributed by atoms with van der Waals surface area (Å²) in [5.74, 6) is -0.350. The van der Waals surface area contributed by atoms with Crippen molar-refractivity contribution in [3.8, 4) is 0 Å². The number of nitrogens with one attached hydrogen (secondary N) is 2. The van der Waals surface area contributed by atoms with Crippen LogP contribution >= 0.6 is 0 Å². The fraction of sp³-hybridized carbons (Fsp3) is 0.889. The molecule has 9 nitrogen and oxygen atoms in total. The predicted octanol–water partition coefficient (Wildman–Crippen LogP) is -0.316. The smallest absolute Gasteiger partial charge is 0.217 e. The molecule has 4 N–H and O–H groups in total. The van der Waals surface area contributed by atoms with Crippen molar-refractivity contribution in [3.05, 3.63) is 0 Å². The van der Waals surface area contributed by atoms with Gasteiger partial charge in [-0.1, -0.05) is 0 Å². The Bertz CT molecular complexity index is 475. The van der Waals surface area contributed by atoms with Gasteiger partial charge in [0.15, 0.2) is 6.29 Å². The molecule has 0 aromatic carbocycles. The molecule has 1 aliphatic heterocycles. The summed E-state index contributed by atoms with van der Waals surface area (Å²) in [5.41, 5.74) is -0.649. The maximum Gasteiger partial charge on any atom is 0.217 e. The van der Waals surface area contributed by atoms with Gasteiger partial charge in [-0.05, 0) is 40.5 Å². The zero-order valence-electron chi connectivity index (χ0n) is 16.8. The lowest BCUT2D eigenvalue weighted by Crippen LogP contribution is -2.64. The minimum Gasteiger partial charge on any atom is -0.388 e. The lowest BCUT2D eigenvalue weighted by atomic mass is 9.96. The Balaban J connectivity index is 2.58. The standard InChI is InChI=1S/C18H34N2O7/c1-11(6-8-19-10-21)25-9-7-18(4,5)27-17-14(20-13(3)22)16(24)15(23)12(2)26-17/h10-12,14-17,23-24H,6-9H2,1-5H3,(H,19,21)(H,20,22)/t11?,12-,14-,15+,16-,17?/m1/s1. The number of aliphatic hydroxyl groups is 2.